The summed E-state index contributed by atoms with van der Waals surface area (Å²) in [5.74, 6) is 0.823. The molecule has 1 atom stereocenters. The van der Waals surface area contributed by atoms with Crippen molar-refractivity contribution in [3.63, 3.8) is 0 Å². The van der Waals surface area contributed by atoms with E-state index in [9.17, 15) is 0 Å². The fraction of sp³-hybridized carbons (Fsp3) is 0.417. The summed E-state index contributed by atoms with van der Waals surface area (Å²) in [6.07, 6.45) is 0.394. The number of nitriles is 1. The van der Waals surface area contributed by atoms with Crippen LogP contribution < -0.4 is 4.74 Å². The number of benzene rings is 1. The van der Waals surface area contributed by atoms with Gasteiger partial charge in [-0.15, -0.1) is 0 Å². The number of hydrogen-bond donors (Lipinski definition) is 0. The number of rotatable bonds is 5. The molecule has 1 unspecified atom stereocenters. The molecule has 0 aliphatic heterocycles. The van der Waals surface area contributed by atoms with Crippen molar-refractivity contribution in [3.8, 4) is 11.8 Å². The topological polar surface area (TPSA) is 42.2 Å². The SMILES string of the molecule is COc1cccc(COC(C)CC#N)c1. The first-order chi connectivity index (χ1) is 7.26. The zero-order valence-corrected chi connectivity index (χ0v) is 9.06. The summed E-state index contributed by atoms with van der Waals surface area (Å²) in [5.41, 5.74) is 1.05. The van der Waals surface area contributed by atoms with E-state index in [1.807, 2.05) is 31.2 Å². The van der Waals surface area contributed by atoms with Gasteiger partial charge in [-0.1, -0.05) is 12.1 Å². The highest BCUT2D eigenvalue weighted by Gasteiger charge is 2.02. The van der Waals surface area contributed by atoms with Crippen LogP contribution >= 0.6 is 0 Å². The van der Waals surface area contributed by atoms with Crippen molar-refractivity contribution in [3.05, 3.63) is 29.8 Å². The van der Waals surface area contributed by atoms with Crippen molar-refractivity contribution in [2.24, 2.45) is 0 Å². The standard InChI is InChI=1S/C12H15NO2/c1-10(6-7-13)15-9-11-4-3-5-12(8-11)14-2/h3-5,8,10H,6,9H2,1-2H3. The van der Waals surface area contributed by atoms with Crippen LogP contribution in [0.2, 0.25) is 0 Å². The zero-order valence-electron chi connectivity index (χ0n) is 9.06. The molecule has 1 aromatic carbocycles. The van der Waals surface area contributed by atoms with Crippen molar-refractivity contribution < 1.29 is 9.47 Å². The van der Waals surface area contributed by atoms with Gasteiger partial charge in [0.25, 0.3) is 0 Å². The molecule has 0 aliphatic carbocycles. The van der Waals surface area contributed by atoms with Gasteiger partial charge in [0.1, 0.15) is 5.75 Å². The van der Waals surface area contributed by atoms with E-state index in [2.05, 4.69) is 6.07 Å². The summed E-state index contributed by atoms with van der Waals surface area (Å²) in [6.45, 7) is 2.41. The van der Waals surface area contributed by atoms with E-state index in [1.165, 1.54) is 0 Å². The van der Waals surface area contributed by atoms with Gasteiger partial charge in [0.15, 0.2) is 0 Å². The van der Waals surface area contributed by atoms with E-state index in [4.69, 9.17) is 14.7 Å². The maximum atomic E-state index is 8.47. The predicted octanol–water partition coefficient (Wildman–Crippen LogP) is 2.51. The Labute approximate surface area is 90.2 Å². The van der Waals surface area contributed by atoms with Gasteiger partial charge in [-0.3, -0.25) is 0 Å². The molecule has 0 radical (unpaired) electrons. The van der Waals surface area contributed by atoms with E-state index in [0.717, 1.165) is 11.3 Å². The summed E-state index contributed by atoms with van der Waals surface area (Å²) >= 11 is 0. The number of nitrogens with zero attached hydrogens (tertiary/aromatic N) is 1. The second kappa shape index (κ2) is 6.05. The Kier molecular flexibility index (Phi) is 4.65. The molecule has 15 heavy (non-hydrogen) atoms. The first kappa shape index (κ1) is 11.5. The third-order valence-corrected chi connectivity index (χ3v) is 2.05. The first-order valence-electron chi connectivity index (χ1n) is 4.87. The largest absolute Gasteiger partial charge is 0.497 e. The van der Waals surface area contributed by atoms with Crippen molar-refractivity contribution in [2.75, 3.05) is 7.11 Å². The van der Waals surface area contributed by atoms with Gasteiger partial charge in [0.2, 0.25) is 0 Å². The highest BCUT2D eigenvalue weighted by atomic mass is 16.5. The predicted molar refractivity (Wildman–Crippen MR) is 57.5 cm³/mol. The first-order valence-corrected chi connectivity index (χ1v) is 4.87. The van der Waals surface area contributed by atoms with Crippen LogP contribution in [0.1, 0.15) is 18.9 Å². The van der Waals surface area contributed by atoms with Gasteiger partial charge in [-0.05, 0) is 24.6 Å². The highest BCUT2D eigenvalue weighted by molar-refractivity contribution is 5.27. The Bertz CT molecular complexity index is 344. The van der Waals surface area contributed by atoms with Gasteiger partial charge in [0.05, 0.1) is 32.3 Å². The molecule has 1 rings (SSSR count). The maximum Gasteiger partial charge on any atom is 0.119 e. The molecule has 0 spiro atoms. The smallest absolute Gasteiger partial charge is 0.119 e. The Morgan fingerprint density at radius 1 is 1.47 bits per heavy atom. The molecule has 0 aromatic heterocycles. The lowest BCUT2D eigenvalue weighted by Gasteiger charge is -2.10. The Morgan fingerprint density at radius 3 is 2.93 bits per heavy atom. The lowest BCUT2D eigenvalue weighted by atomic mass is 10.2. The molecule has 0 saturated carbocycles. The molecule has 3 nitrogen and oxygen atoms in total. The Morgan fingerprint density at radius 2 is 2.27 bits per heavy atom. The number of methoxy groups -OCH3 is 1. The average molecular weight is 205 g/mol. The molecular formula is C12H15NO2. The van der Waals surface area contributed by atoms with Crippen molar-refractivity contribution in [2.45, 2.75) is 26.1 Å². The Balaban J connectivity index is 2.47. The van der Waals surface area contributed by atoms with Crippen LogP contribution in [0, 0.1) is 11.3 Å². The molecule has 0 heterocycles. The monoisotopic (exact) mass is 205 g/mol. The number of hydrogen-bond acceptors (Lipinski definition) is 3. The third kappa shape index (κ3) is 4.01. The molecule has 0 N–H and O–H groups in total. The van der Waals surface area contributed by atoms with E-state index < -0.39 is 0 Å². The van der Waals surface area contributed by atoms with Crippen LogP contribution in [-0.4, -0.2) is 13.2 Å². The lowest BCUT2D eigenvalue weighted by Crippen LogP contribution is -2.06. The summed E-state index contributed by atoms with van der Waals surface area (Å²) < 4.78 is 10.6. The van der Waals surface area contributed by atoms with Crippen LogP contribution in [0.4, 0.5) is 0 Å². The highest BCUT2D eigenvalue weighted by Crippen LogP contribution is 2.14. The van der Waals surface area contributed by atoms with E-state index in [-0.39, 0.29) is 6.10 Å². The molecule has 0 bridgehead atoms. The fourth-order valence-electron chi connectivity index (χ4n) is 1.19. The van der Waals surface area contributed by atoms with Crippen LogP contribution in [0.5, 0.6) is 5.75 Å². The van der Waals surface area contributed by atoms with Crippen LogP contribution in [0.25, 0.3) is 0 Å². The second-order valence-electron chi connectivity index (χ2n) is 3.34. The van der Waals surface area contributed by atoms with E-state index >= 15 is 0 Å². The number of ether oxygens (including phenoxy) is 2. The minimum absolute atomic E-state index is 0.0267. The van der Waals surface area contributed by atoms with Crippen LogP contribution in [0.3, 0.4) is 0 Å². The molecule has 0 saturated heterocycles. The normalized spacial score (nSPS) is 11.8. The van der Waals surface area contributed by atoms with E-state index in [1.54, 1.807) is 7.11 Å². The zero-order chi connectivity index (χ0) is 11.1. The third-order valence-electron chi connectivity index (χ3n) is 2.05. The van der Waals surface area contributed by atoms with Crippen LogP contribution in [0.15, 0.2) is 24.3 Å². The molecule has 80 valence electrons. The van der Waals surface area contributed by atoms with Gasteiger partial charge in [0, 0.05) is 0 Å². The average Bonchev–Trinajstić information content (AvgIpc) is 2.27. The second-order valence-corrected chi connectivity index (χ2v) is 3.34. The molecule has 3 heteroatoms. The summed E-state index contributed by atoms with van der Waals surface area (Å²) in [5, 5.41) is 8.47. The van der Waals surface area contributed by atoms with Crippen molar-refractivity contribution >= 4 is 0 Å². The minimum Gasteiger partial charge on any atom is -0.497 e. The molecule has 0 aliphatic rings. The summed E-state index contributed by atoms with van der Waals surface area (Å²) in [7, 11) is 1.64. The molecule has 0 fully saturated rings. The van der Waals surface area contributed by atoms with Gasteiger partial charge >= 0.3 is 0 Å². The molecular weight excluding hydrogens is 190 g/mol. The van der Waals surface area contributed by atoms with Gasteiger partial charge in [-0.2, -0.15) is 5.26 Å². The lowest BCUT2D eigenvalue weighted by molar-refractivity contribution is 0.0562. The maximum absolute atomic E-state index is 8.47. The fourth-order valence-corrected chi connectivity index (χ4v) is 1.19. The van der Waals surface area contributed by atoms with Crippen LogP contribution in [-0.2, 0) is 11.3 Å². The quantitative estimate of drug-likeness (QED) is 0.741. The molecule has 1 aromatic rings. The molecule has 0 amide bonds. The van der Waals surface area contributed by atoms with Gasteiger partial charge < -0.3 is 9.47 Å². The minimum atomic E-state index is -0.0267. The summed E-state index contributed by atoms with van der Waals surface area (Å²) in [4.78, 5) is 0. The summed E-state index contributed by atoms with van der Waals surface area (Å²) in [6, 6.07) is 9.79. The van der Waals surface area contributed by atoms with E-state index in [0.29, 0.717) is 13.0 Å². The Hall–Kier alpha value is -1.53. The van der Waals surface area contributed by atoms with Gasteiger partial charge in [-0.25, -0.2) is 0 Å². The van der Waals surface area contributed by atoms with Crippen molar-refractivity contribution in [1.82, 2.24) is 0 Å². The van der Waals surface area contributed by atoms with Crippen molar-refractivity contribution in [1.29, 1.82) is 5.26 Å².